The number of carbonyl (C=O) groups excluding carboxylic acids is 1. The van der Waals surface area contributed by atoms with E-state index in [1.54, 1.807) is 50.7 Å². The second kappa shape index (κ2) is 6.38. The van der Waals surface area contributed by atoms with Crippen LogP contribution in [-0.2, 0) is 0 Å². The Morgan fingerprint density at radius 3 is 2.75 bits per heavy atom. The van der Waals surface area contributed by atoms with E-state index < -0.39 is 0 Å². The van der Waals surface area contributed by atoms with Gasteiger partial charge in [0.25, 0.3) is 5.91 Å². The molecule has 104 valence electrons. The predicted molar refractivity (Wildman–Crippen MR) is 82.4 cm³/mol. The van der Waals surface area contributed by atoms with Gasteiger partial charge in [-0.3, -0.25) is 4.79 Å². The molecule has 0 aliphatic rings. The highest BCUT2D eigenvalue weighted by atomic mass is 79.9. The summed E-state index contributed by atoms with van der Waals surface area (Å²) in [6.07, 6.45) is 1.59. The summed E-state index contributed by atoms with van der Waals surface area (Å²) in [6.45, 7) is 0. The molecular formula is C14H14BrN3O2. The van der Waals surface area contributed by atoms with Gasteiger partial charge in [-0.05, 0) is 46.3 Å². The zero-order chi connectivity index (χ0) is 14.5. The fourth-order valence-electron chi connectivity index (χ4n) is 1.66. The number of methoxy groups -OCH3 is 1. The number of amides is 1. The Labute approximate surface area is 125 Å². The highest BCUT2D eigenvalue weighted by Crippen LogP contribution is 2.27. The van der Waals surface area contributed by atoms with E-state index in [1.807, 2.05) is 0 Å². The van der Waals surface area contributed by atoms with E-state index >= 15 is 0 Å². The zero-order valence-electron chi connectivity index (χ0n) is 11.1. The zero-order valence-corrected chi connectivity index (χ0v) is 12.7. The normalized spacial score (nSPS) is 9.95. The molecule has 6 heteroatoms. The standard InChI is InChI=1S/C14H14BrN3O2/c1-16-13-7-9(5-6-17-13)14(19)18-10-3-4-12(20-2)11(15)8-10/h3-8H,1-2H3,(H,16,17)(H,18,19). The van der Waals surface area contributed by atoms with E-state index in [0.29, 0.717) is 22.8 Å². The third kappa shape index (κ3) is 3.27. The van der Waals surface area contributed by atoms with E-state index in [-0.39, 0.29) is 5.91 Å². The van der Waals surface area contributed by atoms with Gasteiger partial charge in [-0.1, -0.05) is 0 Å². The van der Waals surface area contributed by atoms with Gasteiger partial charge in [0.05, 0.1) is 11.6 Å². The molecule has 1 aromatic heterocycles. The molecule has 2 aromatic rings. The van der Waals surface area contributed by atoms with E-state index in [2.05, 4.69) is 31.5 Å². The number of pyridine rings is 1. The summed E-state index contributed by atoms with van der Waals surface area (Å²) in [5.41, 5.74) is 1.22. The predicted octanol–water partition coefficient (Wildman–Crippen LogP) is 3.15. The molecule has 2 rings (SSSR count). The lowest BCUT2D eigenvalue weighted by Crippen LogP contribution is -2.12. The van der Waals surface area contributed by atoms with Crippen LogP contribution in [0.4, 0.5) is 11.5 Å². The van der Waals surface area contributed by atoms with Crippen molar-refractivity contribution in [3.63, 3.8) is 0 Å². The van der Waals surface area contributed by atoms with Crippen molar-refractivity contribution in [1.29, 1.82) is 0 Å². The van der Waals surface area contributed by atoms with Crippen molar-refractivity contribution < 1.29 is 9.53 Å². The first-order chi connectivity index (χ1) is 9.63. The largest absolute Gasteiger partial charge is 0.496 e. The minimum atomic E-state index is -0.194. The molecular weight excluding hydrogens is 322 g/mol. The van der Waals surface area contributed by atoms with Crippen LogP contribution in [0.3, 0.4) is 0 Å². The second-order valence-electron chi connectivity index (χ2n) is 3.98. The number of anilines is 2. The maximum Gasteiger partial charge on any atom is 0.255 e. The molecule has 2 N–H and O–H groups in total. The number of benzene rings is 1. The van der Waals surface area contributed by atoms with Crippen molar-refractivity contribution in [3.05, 3.63) is 46.6 Å². The van der Waals surface area contributed by atoms with Crippen LogP contribution < -0.4 is 15.4 Å². The van der Waals surface area contributed by atoms with Gasteiger partial charge in [0.2, 0.25) is 0 Å². The summed E-state index contributed by atoms with van der Waals surface area (Å²) in [5.74, 6) is 1.17. The summed E-state index contributed by atoms with van der Waals surface area (Å²) < 4.78 is 5.92. The van der Waals surface area contributed by atoms with Gasteiger partial charge in [-0.15, -0.1) is 0 Å². The fraction of sp³-hybridized carbons (Fsp3) is 0.143. The Bertz CT molecular complexity index is 632. The van der Waals surface area contributed by atoms with Gasteiger partial charge in [-0.2, -0.15) is 0 Å². The smallest absolute Gasteiger partial charge is 0.255 e. The summed E-state index contributed by atoms with van der Waals surface area (Å²) in [5, 5.41) is 5.72. The summed E-state index contributed by atoms with van der Waals surface area (Å²) in [4.78, 5) is 16.2. The number of rotatable bonds is 4. The molecule has 0 saturated carbocycles. The molecule has 0 aliphatic heterocycles. The molecule has 0 aliphatic carbocycles. The van der Waals surface area contributed by atoms with E-state index in [9.17, 15) is 4.79 Å². The van der Waals surface area contributed by atoms with Crippen molar-refractivity contribution in [3.8, 4) is 5.75 Å². The molecule has 0 atom stereocenters. The lowest BCUT2D eigenvalue weighted by Gasteiger charge is -2.09. The van der Waals surface area contributed by atoms with Crippen LogP contribution in [0.2, 0.25) is 0 Å². The van der Waals surface area contributed by atoms with Crippen LogP contribution in [0.25, 0.3) is 0 Å². The first-order valence-corrected chi connectivity index (χ1v) is 6.72. The summed E-state index contributed by atoms with van der Waals surface area (Å²) in [7, 11) is 3.35. The molecule has 1 aromatic carbocycles. The van der Waals surface area contributed by atoms with E-state index in [0.717, 1.165) is 4.47 Å². The second-order valence-corrected chi connectivity index (χ2v) is 4.84. The van der Waals surface area contributed by atoms with Crippen molar-refractivity contribution in [2.45, 2.75) is 0 Å². The highest BCUT2D eigenvalue weighted by molar-refractivity contribution is 9.10. The Morgan fingerprint density at radius 1 is 1.30 bits per heavy atom. The molecule has 5 nitrogen and oxygen atoms in total. The van der Waals surface area contributed by atoms with Crippen LogP contribution in [0.15, 0.2) is 41.0 Å². The number of ether oxygens (including phenoxy) is 1. The monoisotopic (exact) mass is 335 g/mol. The van der Waals surface area contributed by atoms with Crippen molar-refractivity contribution >= 4 is 33.3 Å². The molecule has 0 bridgehead atoms. The first kappa shape index (κ1) is 14.3. The molecule has 0 spiro atoms. The van der Waals surface area contributed by atoms with Crippen molar-refractivity contribution in [2.24, 2.45) is 0 Å². The lowest BCUT2D eigenvalue weighted by molar-refractivity contribution is 0.102. The van der Waals surface area contributed by atoms with E-state index in [4.69, 9.17) is 4.74 Å². The Balaban J connectivity index is 2.16. The Hall–Kier alpha value is -2.08. The van der Waals surface area contributed by atoms with Crippen LogP contribution >= 0.6 is 15.9 Å². The Kier molecular flexibility index (Phi) is 4.57. The molecule has 1 amide bonds. The van der Waals surface area contributed by atoms with Crippen molar-refractivity contribution in [1.82, 2.24) is 4.98 Å². The average molecular weight is 336 g/mol. The van der Waals surface area contributed by atoms with Gasteiger partial charge in [0.1, 0.15) is 11.6 Å². The lowest BCUT2D eigenvalue weighted by atomic mass is 10.2. The topological polar surface area (TPSA) is 63.2 Å². The summed E-state index contributed by atoms with van der Waals surface area (Å²) in [6, 6.07) is 8.70. The SMILES string of the molecule is CNc1cc(C(=O)Nc2ccc(OC)c(Br)c2)ccn1. The van der Waals surface area contributed by atoms with E-state index in [1.165, 1.54) is 0 Å². The molecule has 1 heterocycles. The highest BCUT2D eigenvalue weighted by Gasteiger charge is 2.08. The minimum Gasteiger partial charge on any atom is -0.496 e. The van der Waals surface area contributed by atoms with Crippen LogP contribution in [-0.4, -0.2) is 25.0 Å². The van der Waals surface area contributed by atoms with Crippen LogP contribution in [0, 0.1) is 0 Å². The molecule has 20 heavy (non-hydrogen) atoms. The van der Waals surface area contributed by atoms with Gasteiger partial charge >= 0.3 is 0 Å². The fourth-order valence-corrected chi connectivity index (χ4v) is 2.20. The first-order valence-electron chi connectivity index (χ1n) is 5.92. The van der Waals surface area contributed by atoms with Crippen molar-refractivity contribution in [2.75, 3.05) is 24.8 Å². The molecule has 0 unspecified atom stereocenters. The van der Waals surface area contributed by atoms with Gasteiger partial charge < -0.3 is 15.4 Å². The minimum absolute atomic E-state index is 0.194. The quantitative estimate of drug-likeness (QED) is 0.900. The number of halogens is 1. The number of nitrogens with one attached hydrogen (secondary N) is 2. The number of nitrogens with zero attached hydrogens (tertiary/aromatic N) is 1. The van der Waals surface area contributed by atoms with Crippen LogP contribution in [0.5, 0.6) is 5.75 Å². The summed E-state index contributed by atoms with van der Waals surface area (Å²) >= 11 is 3.38. The van der Waals surface area contributed by atoms with Crippen LogP contribution in [0.1, 0.15) is 10.4 Å². The van der Waals surface area contributed by atoms with Gasteiger partial charge in [0, 0.05) is 24.5 Å². The number of hydrogen-bond donors (Lipinski definition) is 2. The average Bonchev–Trinajstić information content (AvgIpc) is 2.47. The molecule has 0 fully saturated rings. The molecule has 0 saturated heterocycles. The Morgan fingerprint density at radius 2 is 2.10 bits per heavy atom. The maximum atomic E-state index is 12.1. The molecule has 0 radical (unpaired) electrons. The number of aromatic nitrogens is 1. The third-order valence-electron chi connectivity index (χ3n) is 2.69. The van der Waals surface area contributed by atoms with Gasteiger partial charge in [-0.25, -0.2) is 4.98 Å². The van der Waals surface area contributed by atoms with Gasteiger partial charge in [0.15, 0.2) is 0 Å². The number of hydrogen-bond acceptors (Lipinski definition) is 4. The number of carbonyl (C=O) groups is 1. The maximum absolute atomic E-state index is 12.1. The third-order valence-corrected chi connectivity index (χ3v) is 3.31.